The summed E-state index contributed by atoms with van der Waals surface area (Å²) in [6.07, 6.45) is -2.19. The molecule has 4 nitrogen and oxygen atoms in total. The molecular formula is C23H19NO3. The number of benzene rings is 3. The summed E-state index contributed by atoms with van der Waals surface area (Å²) >= 11 is 0. The zero-order valence-electron chi connectivity index (χ0n) is 14.6. The largest absolute Gasteiger partial charge is 0.618 e. The molecule has 0 aliphatic carbocycles. The van der Waals surface area contributed by atoms with E-state index in [0.717, 1.165) is 5.39 Å². The van der Waals surface area contributed by atoms with Gasteiger partial charge in [0.25, 0.3) is 0 Å². The second kappa shape index (κ2) is 7.19. The highest BCUT2D eigenvalue weighted by Crippen LogP contribution is 2.29. The van der Waals surface area contributed by atoms with Crippen molar-refractivity contribution in [3.8, 4) is 0 Å². The molecule has 4 rings (SSSR count). The van der Waals surface area contributed by atoms with Crippen LogP contribution in [0.3, 0.4) is 0 Å². The van der Waals surface area contributed by atoms with Crippen molar-refractivity contribution >= 4 is 10.8 Å². The van der Waals surface area contributed by atoms with Crippen LogP contribution in [0.4, 0.5) is 0 Å². The van der Waals surface area contributed by atoms with E-state index < -0.39 is 12.2 Å². The van der Waals surface area contributed by atoms with Crippen LogP contribution in [-0.4, -0.2) is 10.2 Å². The third-order valence-corrected chi connectivity index (χ3v) is 4.76. The first-order valence-corrected chi connectivity index (χ1v) is 8.78. The van der Waals surface area contributed by atoms with Gasteiger partial charge < -0.3 is 15.4 Å². The first-order valence-electron chi connectivity index (χ1n) is 8.78. The van der Waals surface area contributed by atoms with Crippen molar-refractivity contribution in [2.24, 2.45) is 0 Å². The molecule has 27 heavy (non-hydrogen) atoms. The lowest BCUT2D eigenvalue weighted by Crippen LogP contribution is -2.40. The number of rotatable bonds is 4. The maximum Gasteiger partial charge on any atom is 0.234 e. The van der Waals surface area contributed by atoms with Crippen molar-refractivity contribution in [2.45, 2.75) is 12.2 Å². The van der Waals surface area contributed by atoms with Crippen molar-refractivity contribution in [1.29, 1.82) is 0 Å². The Morgan fingerprint density at radius 1 is 0.667 bits per heavy atom. The minimum Gasteiger partial charge on any atom is -0.618 e. The fourth-order valence-electron chi connectivity index (χ4n) is 3.37. The first kappa shape index (κ1) is 17.2. The van der Waals surface area contributed by atoms with Gasteiger partial charge in [-0.05, 0) is 22.6 Å². The van der Waals surface area contributed by atoms with Gasteiger partial charge in [0.2, 0.25) is 11.4 Å². The van der Waals surface area contributed by atoms with Crippen LogP contribution in [0.2, 0.25) is 0 Å². The van der Waals surface area contributed by atoms with Crippen LogP contribution in [0.1, 0.15) is 34.7 Å². The quantitative estimate of drug-likeness (QED) is 0.433. The van der Waals surface area contributed by atoms with Crippen molar-refractivity contribution in [2.75, 3.05) is 0 Å². The zero-order valence-corrected chi connectivity index (χ0v) is 14.6. The van der Waals surface area contributed by atoms with E-state index in [1.165, 1.54) is 0 Å². The smallest absolute Gasteiger partial charge is 0.234 e. The van der Waals surface area contributed by atoms with E-state index in [9.17, 15) is 15.4 Å². The number of nitrogens with zero attached hydrogens (tertiary/aromatic N) is 1. The van der Waals surface area contributed by atoms with Gasteiger partial charge in [-0.1, -0.05) is 78.9 Å². The lowest BCUT2D eigenvalue weighted by Gasteiger charge is -2.19. The second-order valence-corrected chi connectivity index (χ2v) is 6.46. The lowest BCUT2D eigenvalue weighted by atomic mass is 9.98. The van der Waals surface area contributed by atoms with Crippen LogP contribution < -0.4 is 4.73 Å². The molecular weight excluding hydrogens is 338 g/mol. The summed E-state index contributed by atoms with van der Waals surface area (Å²) in [7, 11) is 0. The summed E-state index contributed by atoms with van der Waals surface area (Å²) in [5.41, 5.74) is 1.64. The maximum atomic E-state index is 13.2. The Bertz CT molecular complexity index is 1060. The number of pyridine rings is 1. The molecule has 2 unspecified atom stereocenters. The SMILES string of the molecule is [O-][n+]1c(C(O)c2ccccc2)cc2ccccc2c1C(O)c1ccccc1. The summed E-state index contributed by atoms with van der Waals surface area (Å²) in [5.74, 6) is 0. The highest BCUT2D eigenvalue weighted by Gasteiger charge is 2.29. The van der Waals surface area contributed by atoms with E-state index in [0.29, 0.717) is 21.2 Å². The summed E-state index contributed by atoms with van der Waals surface area (Å²) in [4.78, 5) is 0. The minimum absolute atomic E-state index is 0.185. The maximum absolute atomic E-state index is 13.2. The fourth-order valence-corrected chi connectivity index (χ4v) is 3.37. The van der Waals surface area contributed by atoms with E-state index in [1.807, 2.05) is 60.7 Å². The molecule has 3 aromatic carbocycles. The number of aliphatic hydroxyl groups excluding tert-OH is 2. The average molecular weight is 357 g/mol. The third-order valence-electron chi connectivity index (χ3n) is 4.76. The summed E-state index contributed by atoms with van der Waals surface area (Å²) in [5, 5.41) is 36.4. The van der Waals surface area contributed by atoms with E-state index in [4.69, 9.17) is 0 Å². The van der Waals surface area contributed by atoms with Gasteiger partial charge in [0.05, 0.1) is 5.39 Å². The van der Waals surface area contributed by atoms with Crippen molar-refractivity contribution < 1.29 is 14.9 Å². The van der Waals surface area contributed by atoms with Gasteiger partial charge in [-0.2, -0.15) is 4.73 Å². The normalized spacial score (nSPS) is 13.4. The van der Waals surface area contributed by atoms with Crippen molar-refractivity contribution in [1.82, 2.24) is 0 Å². The third kappa shape index (κ3) is 3.16. The van der Waals surface area contributed by atoms with Crippen LogP contribution in [0.25, 0.3) is 10.8 Å². The average Bonchev–Trinajstić information content (AvgIpc) is 2.73. The van der Waals surface area contributed by atoms with E-state index in [2.05, 4.69) is 0 Å². The Labute approximate surface area is 157 Å². The molecule has 0 amide bonds. The Morgan fingerprint density at radius 2 is 1.19 bits per heavy atom. The molecule has 4 aromatic rings. The van der Waals surface area contributed by atoms with Gasteiger partial charge in [-0.3, -0.25) is 0 Å². The van der Waals surface area contributed by atoms with Crippen molar-refractivity contribution in [3.63, 3.8) is 0 Å². The Balaban J connectivity index is 1.93. The minimum atomic E-state index is -1.10. The Morgan fingerprint density at radius 3 is 1.81 bits per heavy atom. The monoisotopic (exact) mass is 357 g/mol. The standard InChI is InChI=1S/C23H19NO3/c25-22(16-9-3-1-4-10-16)20-15-18-13-7-8-14-19(18)21(24(20)27)23(26)17-11-5-2-6-12-17/h1-15,22-23,25-26H. The predicted octanol–water partition coefficient (Wildman–Crippen LogP) is 3.64. The Kier molecular flexibility index (Phi) is 4.59. The number of aliphatic hydroxyl groups is 2. The van der Waals surface area contributed by atoms with Gasteiger partial charge in [-0.15, -0.1) is 0 Å². The molecule has 0 saturated heterocycles. The number of aromatic nitrogens is 1. The molecule has 2 atom stereocenters. The van der Waals surface area contributed by atoms with E-state index in [1.54, 1.807) is 30.3 Å². The second-order valence-electron chi connectivity index (χ2n) is 6.46. The van der Waals surface area contributed by atoms with Gasteiger partial charge in [-0.25, -0.2) is 0 Å². The van der Waals surface area contributed by atoms with Crippen molar-refractivity contribution in [3.05, 3.63) is 119 Å². The summed E-state index contributed by atoms with van der Waals surface area (Å²) in [6.45, 7) is 0. The zero-order chi connectivity index (χ0) is 18.8. The lowest BCUT2D eigenvalue weighted by molar-refractivity contribution is -0.628. The van der Waals surface area contributed by atoms with Gasteiger partial charge in [0, 0.05) is 6.07 Å². The molecule has 0 radical (unpaired) electrons. The number of hydrogen-bond acceptors (Lipinski definition) is 3. The molecule has 4 heteroatoms. The molecule has 1 heterocycles. The molecule has 0 aliphatic heterocycles. The molecule has 0 aliphatic rings. The molecule has 1 aromatic heterocycles. The van der Waals surface area contributed by atoms with Crippen LogP contribution >= 0.6 is 0 Å². The van der Waals surface area contributed by atoms with Gasteiger partial charge in [0.15, 0.2) is 12.2 Å². The van der Waals surface area contributed by atoms with Crippen LogP contribution in [0, 0.1) is 5.21 Å². The highest BCUT2D eigenvalue weighted by atomic mass is 16.5. The molecule has 2 N–H and O–H groups in total. The van der Waals surface area contributed by atoms with Crippen LogP contribution in [0.15, 0.2) is 91.0 Å². The first-order chi connectivity index (χ1) is 13.2. The van der Waals surface area contributed by atoms with Gasteiger partial charge >= 0.3 is 0 Å². The molecule has 134 valence electrons. The molecule has 0 saturated carbocycles. The highest BCUT2D eigenvalue weighted by molar-refractivity contribution is 5.84. The predicted molar refractivity (Wildman–Crippen MR) is 104 cm³/mol. The molecule has 0 spiro atoms. The van der Waals surface area contributed by atoms with Gasteiger partial charge in [0.1, 0.15) is 0 Å². The van der Waals surface area contributed by atoms with E-state index in [-0.39, 0.29) is 11.4 Å². The van der Waals surface area contributed by atoms with E-state index >= 15 is 0 Å². The molecule has 0 bridgehead atoms. The fraction of sp³-hybridized carbons (Fsp3) is 0.0870. The number of hydrogen-bond donors (Lipinski definition) is 2. The Hall–Kier alpha value is -3.21. The van der Waals surface area contributed by atoms with Crippen LogP contribution in [-0.2, 0) is 0 Å². The summed E-state index contributed by atoms with van der Waals surface area (Å²) < 4.78 is 0.664. The van der Waals surface area contributed by atoms with Crippen LogP contribution in [0.5, 0.6) is 0 Å². The molecule has 0 fully saturated rings. The topological polar surface area (TPSA) is 67.4 Å². The number of fused-ring (bicyclic) bond motifs is 1. The summed E-state index contributed by atoms with van der Waals surface area (Å²) in [6, 6.07) is 27.1.